The van der Waals surface area contributed by atoms with E-state index in [4.69, 9.17) is 11.6 Å². The van der Waals surface area contributed by atoms with Gasteiger partial charge in [0.05, 0.1) is 16.9 Å². The minimum absolute atomic E-state index is 0.0666. The van der Waals surface area contributed by atoms with Crippen molar-refractivity contribution in [2.75, 3.05) is 71.4 Å². The van der Waals surface area contributed by atoms with Crippen molar-refractivity contribution in [1.29, 1.82) is 0 Å². The number of nitrogens with zero attached hydrogens (tertiary/aromatic N) is 4. The largest absolute Gasteiger partial charge is 0.501 e. The third kappa shape index (κ3) is 11.4. The van der Waals surface area contributed by atoms with Gasteiger partial charge in [0.2, 0.25) is 0 Å². The molecule has 2 fully saturated rings. The Kier molecular flexibility index (Phi) is 15.6. The highest BCUT2D eigenvalue weighted by atomic mass is 35.5. The molecule has 2 aliphatic rings. The zero-order chi connectivity index (χ0) is 48.0. The molecule has 358 valence electrons. The molecule has 3 N–H and O–H groups in total. The molecule has 8 rings (SSSR count). The van der Waals surface area contributed by atoms with Crippen LogP contribution in [0.2, 0.25) is 5.02 Å². The SMILES string of the molecule is Cc1c(C(=O)O)c(-c2cccc(N3CCN(c4ccc(NSc5ccc(N[C@H](CCN6CCCCC6)CSc6ccccc6)c(S(=O)(=O)C(F)(F)F)c5)cc4)CC3)c2)c(-c2ccc(Cl)cc2)n1C. The molecule has 0 amide bonds. The highest BCUT2D eigenvalue weighted by Gasteiger charge is 2.48. The van der Waals surface area contributed by atoms with E-state index >= 15 is 0 Å². The average molecular weight is 1000 g/mol. The van der Waals surface area contributed by atoms with Gasteiger partial charge in [0, 0.05) is 94.7 Å². The number of carboxylic acid groups (broad SMARTS) is 1. The molecule has 17 heteroatoms. The fourth-order valence-corrected chi connectivity index (χ4v) is 11.7. The number of piperazine rings is 1. The van der Waals surface area contributed by atoms with E-state index in [2.05, 4.69) is 30.8 Å². The Bertz CT molecular complexity index is 2800. The number of carbonyl (C=O) groups is 1. The van der Waals surface area contributed by atoms with Gasteiger partial charge in [-0.1, -0.05) is 60.5 Å². The number of sulfone groups is 1. The lowest BCUT2D eigenvalue weighted by Crippen LogP contribution is -2.46. The fraction of sp³-hybridized carbons (Fsp3) is 0.314. The lowest BCUT2D eigenvalue weighted by Gasteiger charge is -2.37. The number of carboxylic acids is 1. The number of nitrogens with one attached hydrogen (secondary N) is 2. The number of alkyl halides is 3. The van der Waals surface area contributed by atoms with Gasteiger partial charge >= 0.3 is 11.5 Å². The second-order valence-corrected chi connectivity index (χ2v) is 21.4. The standard InChI is InChI=1S/C51H54ClF3N6O4S3/c1-35-47(50(62)63)48(49(58(35)2)36-14-16-38(52)17-15-36)37-10-9-11-42(32-37)61-30-28-60(29-31-61)41-20-18-39(19-21-41)57-67-44-22-23-45(46(33-44)68(64,65)51(53,54)55)56-40(24-27-59-25-7-4-8-26-59)34-66-43-12-5-3-6-13-43/h3,5-6,9-23,32-33,40,56-57H,4,7-8,24-31,34H2,1-2H3,(H,62,63)/t40-/m1/s1. The van der Waals surface area contributed by atoms with Crippen molar-refractivity contribution in [1.82, 2.24) is 9.47 Å². The Morgan fingerprint density at radius 1 is 0.779 bits per heavy atom. The van der Waals surface area contributed by atoms with Gasteiger partial charge in [0.25, 0.3) is 9.84 Å². The van der Waals surface area contributed by atoms with E-state index < -0.39 is 26.2 Å². The number of benzene rings is 5. The molecule has 5 aromatic carbocycles. The number of rotatable bonds is 17. The van der Waals surface area contributed by atoms with Gasteiger partial charge in [-0.3, -0.25) is 0 Å². The molecule has 0 saturated carbocycles. The molecule has 2 aliphatic heterocycles. The molecule has 0 spiro atoms. The normalized spacial score (nSPS) is 15.3. The second-order valence-electron chi connectivity index (χ2n) is 17.1. The van der Waals surface area contributed by atoms with Gasteiger partial charge < -0.3 is 34.4 Å². The van der Waals surface area contributed by atoms with Gasteiger partial charge in [-0.15, -0.1) is 11.8 Å². The minimum atomic E-state index is -5.69. The van der Waals surface area contributed by atoms with Crippen LogP contribution >= 0.6 is 35.3 Å². The summed E-state index contributed by atoms with van der Waals surface area (Å²) in [6.45, 7) is 7.44. The summed E-state index contributed by atoms with van der Waals surface area (Å²) in [7, 11) is -3.81. The van der Waals surface area contributed by atoms with E-state index in [1.807, 2.05) is 103 Å². The number of hydrogen-bond acceptors (Lipinski definition) is 10. The fourth-order valence-electron chi connectivity index (χ4n) is 8.91. The number of likely N-dealkylation sites (tertiary alicyclic amines) is 1. The van der Waals surface area contributed by atoms with E-state index in [1.165, 1.54) is 12.5 Å². The number of hydrogen-bond donors (Lipinski definition) is 3. The predicted molar refractivity (Wildman–Crippen MR) is 273 cm³/mol. The molecular weight excluding hydrogens is 949 g/mol. The molecular formula is C51H54ClF3N6O4S3. The first-order valence-electron chi connectivity index (χ1n) is 22.6. The van der Waals surface area contributed by atoms with Crippen LogP contribution in [0.3, 0.4) is 0 Å². The summed E-state index contributed by atoms with van der Waals surface area (Å²) in [5.41, 5.74) is 1.19. The van der Waals surface area contributed by atoms with Crippen LogP contribution in [-0.4, -0.2) is 92.1 Å². The average Bonchev–Trinajstić information content (AvgIpc) is 3.62. The van der Waals surface area contributed by atoms with Gasteiger partial charge in [-0.05, 0) is 141 Å². The molecule has 3 heterocycles. The Morgan fingerprint density at radius 3 is 2.12 bits per heavy atom. The van der Waals surface area contributed by atoms with E-state index in [-0.39, 0.29) is 17.3 Å². The molecule has 0 radical (unpaired) electrons. The summed E-state index contributed by atoms with van der Waals surface area (Å²) in [6.07, 6.45) is 4.05. The van der Waals surface area contributed by atoms with Gasteiger partial charge in [-0.25, -0.2) is 13.2 Å². The number of aromatic carboxylic acids is 1. The summed E-state index contributed by atoms with van der Waals surface area (Å²) >= 11 is 8.83. The summed E-state index contributed by atoms with van der Waals surface area (Å²) in [6, 6.07) is 36.8. The zero-order valence-corrected chi connectivity index (χ0v) is 41.0. The molecule has 1 atom stereocenters. The first-order valence-corrected chi connectivity index (χ1v) is 26.3. The summed E-state index contributed by atoms with van der Waals surface area (Å²) in [5.74, 6) is -0.448. The highest BCUT2D eigenvalue weighted by molar-refractivity contribution is 8.00. The zero-order valence-electron chi connectivity index (χ0n) is 37.8. The van der Waals surface area contributed by atoms with Crippen molar-refractivity contribution in [3.05, 3.63) is 138 Å². The first kappa shape index (κ1) is 49.2. The number of halogens is 4. The molecule has 10 nitrogen and oxygen atoms in total. The van der Waals surface area contributed by atoms with Crippen molar-refractivity contribution < 1.29 is 31.5 Å². The van der Waals surface area contributed by atoms with E-state index in [1.54, 1.807) is 30.0 Å². The molecule has 0 aliphatic carbocycles. The van der Waals surface area contributed by atoms with Crippen molar-refractivity contribution in [2.24, 2.45) is 7.05 Å². The van der Waals surface area contributed by atoms with Gasteiger partial charge in [-0.2, -0.15) is 13.2 Å². The molecule has 2 saturated heterocycles. The predicted octanol–water partition coefficient (Wildman–Crippen LogP) is 12.2. The van der Waals surface area contributed by atoms with Gasteiger partial charge in [0.1, 0.15) is 4.90 Å². The highest BCUT2D eigenvalue weighted by Crippen LogP contribution is 2.41. The van der Waals surface area contributed by atoms with Crippen LogP contribution in [0.5, 0.6) is 0 Å². The number of thioether (sulfide) groups is 1. The maximum absolute atomic E-state index is 14.2. The Hall–Kier alpha value is -5.26. The quantitative estimate of drug-likeness (QED) is 0.0600. The van der Waals surface area contributed by atoms with Crippen LogP contribution in [0, 0.1) is 6.92 Å². The Labute approximate surface area is 409 Å². The maximum Gasteiger partial charge on any atom is 0.501 e. The van der Waals surface area contributed by atoms with Crippen molar-refractivity contribution in [3.63, 3.8) is 0 Å². The first-order chi connectivity index (χ1) is 32.7. The van der Waals surface area contributed by atoms with E-state index in [9.17, 15) is 31.5 Å². The van der Waals surface area contributed by atoms with Crippen molar-refractivity contribution in [3.8, 4) is 22.4 Å². The Balaban J connectivity index is 0.925. The Morgan fingerprint density at radius 2 is 1.46 bits per heavy atom. The molecule has 68 heavy (non-hydrogen) atoms. The van der Waals surface area contributed by atoms with Crippen LogP contribution in [-0.2, 0) is 16.9 Å². The van der Waals surface area contributed by atoms with Gasteiger partial charge in [0.15, 0.2) is 0 Å². The lowest BCUT2D eigenvalue weighted by atomic mass is 9.96. The monoisotopic (exact) mass is 1000 g/mol. The third-order valence-electron chi connectivity index (χ3n) is 12.7. The summed E-state index contributed by atoms with van der Waals surface area (Å²) < 4.78 is 73.9. The van der Waals surface area contributed by atoms with E-state index in [0.717, 1.165) is 110 Å². The third-order valence-corrected chi connectivity index (χ3v) is 16.4. The lowest BCUT2D eigenvalue weighted by molar-refractivity contribution is -0.0435. The van der Waals surface area contributed by atoms with Crippen LogP contribution in [0.4, 0.5) is 35.9 Å². The van der Waals surface area contributed by atoms with Crippen molar-refractivity contribution in [2.45, 2.75) is 58.8 Å². The number of piperidine rings is 1. The summed E-state index contributed by atoms with van der Waals surface area (Å²) in [5, 5.41) is 14.2. The van der Waals surface area contributed by atoms with E-state index in [0.29, 0.717) is 39.0 Å². The maximum atomic E-state index is 14.2. The van der Waals surface area contributed by atoms with Crippen LogP contribution in [0.15, 0.2) is 136 Å². The van der Waals surface area contributed by atoms with Crippen LogP contribution in [0.1, 0.15) is 41.7 Å². The minimum Gasteiger partial charge on any atom is -0.478 e. The second kappa shape index (κ2) is 21.6. The van der Waals surface area contributed by atoms with Crippen LogP contribution in [0.25, 0.3) is 22.4 Å². The smallest absolute Gasteiger partial charge is 0.478 e. The number of anilines is 4. The number of aromatic nitrogens is 1. The van der Waals surface area contributed by atoms with Crippen molar-refractivity contribution >= 4 is 73.9 Å². The molecule has 0 bridgehead atoms. The van der Waals surface area contributed by atoms with Crippen LogP contribution < -0.4 is 19.8 Å². The molecule has 0 unspecified atom stereocenters. The molecule has 1 aromatic heterocycles. The topological polar surface area (TPSA) is 110 Å². The summed E-state index contributed by atoms with van der Waals surface area (Å²) in [4.78, 5) is 20.1. The molecule has 6 aromatic rings.